The predicted molar refractivity (Wildman–Crippen MR) is 35.1 cm³/mol. The van der Waals surface area contributed by atoms with Crippen molar-refractivity contribution in [3.63, 3.8) is 0 Å². The van der Waals surface area contributed by atoms with Crippen molar-refractivity contribution >= 4 is 5.78 Å². The Balaban J connectivity index is 3.72. The number of ether oxygens (including phenoxy) is 1. The Morgan fingerprint density at radius 3 is 2.22 bits per heavy atom. The number of hydrogen-bond donors (Lipinski definition) is 1. The number of Topliss-reactive ketones (excluding diaryl/α,β-unsaturated/α-hetero) is 1. The first-order chi connectivity index (χ1) is 4.09. The lowest BCUT2D eigenvalue weighted by molar-refractivity contribution is -0.120. The lowest BCUT2D eigenvalue weighted by Gasteiger charge is -2.14. The van der Waals surface area contributed by atoms with Gasteiger partial charge in [-0.05, 0) is 13.8 Å². The monoisotopic (exact) mass is 131 g/mol. The van der Waals surface area contributed by atoms with Gasteiger partial charge in [0.05, 0.1) is 12.1 Å². The quantitative estimate of drug-likeness (QED) is 0.583. The fraction of sp³-hybridized carbons (Fsp3) is 0.833. The summed E-state index contributed by atoms with van der Waals surface area (Å²) in [6.45, 7) is 3.23. The molecule has 0 saturated carbocycles. The zero-order chi connectivity index (χ0) is 7.44. The largest absolute Gasteiger partial charge is 0.380 e. The second-order valence-electron chi connectivity index (χ2n) is 2.08. The van der Waals surface area contributed by atoms with E-state index < -0.39 is 6.04 Å². The third-order valence-corrected chi connectivity index (χ3v) is 1.35. The van der Waals surface area contributed by atoms with Crippen molar-refractivity contribution in [2.45, 2.75) is 26.0 Å². The standard InChI is InChI=1S/C6H13NO2/c1-4(8)6(7)5(2)9-3/h5-6H,7H2,1-3H3. The van der Waals surface area contributed by atoms with Crippen LogP contribution < -0.4 is 5.73 Å². The van der Waals surface area contributed by atoms with Gasteiger partial charge in [0.2, 0.25) is 0 Å². The van der Waals surface area contributed by atoms with E-state index in [9.17, 15) is 4.79 Å². The highest BCUT2D eigenvalue weighted by Crippen LogP contribution is 1.93. The van der Waals surface area contributed by atoms with Crippen molar-refractivity contribution in [1.29, 1.82) is 0 Å². The van der Waals surface area contributed by atoms with Gasteiger partial charge in [-0.1, -0.05) is 0 Å². The van der Waals surface area contributed by atoms with Crippen LogP contribution in [-0.2, 0) is 9.53 Å². The Kier molecular flexibility index (Phi) is 3.42. The zero-order valence-electron chi connectivity index (χ0n) is 6.05. The first kappa shape index (κ1) is 8.59. The Labute approximate surface area is 55.2 Å². The van der Waals surface area contributed by atoms with Gasteiger partial charge >= 0.3 is 0 Å². The van der Waals surface area contributed by atoms with Gasteiger partial charge in [-0.25, -0.2) is 0 Å². The van der Waals surface area contributed by atoms with Crippen LogP contribution in [0.25, 0.3) is 0 Å². The summed E-state index contributed by atoms with van der Waals surface area (Å²) >= 11 is 0. The van der Waals surface area contributed by atoms with Crippen LogP contribution in [0.1, 0.15) is 13.8 Å². The molecule has 2 atom stereocenters. The highest BCUT2D eigenvalue weighted by Gasteiger charge is 2.15. The minimum atomic E-state index is -0.477. The smallest absolute Gasteiger partial charge is 0.149 e. The minimum absolute atomic E-state index is 0.0376. The van der Waals surface area contributed by atoms with Crippen LogP contribution in [-0.4, -0.2) is 25.0 Å². The molecule has 0 radical (unpaired) electrons. The normalized spacial score (nSPS) is 16.9. The predicted octanol–water partition coefficient (Wildman–Crippen LogP) is -0.0624. The molecule has 0 bridgehead atoms. The molecule has 0 aromatic carbocycles. The molecule has 3 nitrogen and oxygen atoms in total. The zero-order valence-corrected chi connectivity index (χ0v) is 6.05. The summed E-state index contributed by atoms with van der Waals surface area (Å²) in [6.07, 6.45) is -0.178. The third kappa shape index (κ3) is 2.58. The molecule has 0 heterocycles. The topological polar surface area (TPSA) is 52.3 Å². The summed E-state index contributed by atoms with van der Waals surface area (Å²) in [4.78, 5) is 10.5. The number of nitrogens with two attached hydrogens (primary N) is 1. The second kappa shape index (κ2) is 3.58. The number of rotatable bonds is 3. The van der Waals surface area contributed by atoms with Gasteiger partial charge in [0.1, 0.15) is 5.78 Å². The lowest BCUT2D eigenvalue weighted by Crippen LogP contribution is -2.39. The van der Waals surface area contributed by atoms with E-state index >= 15 is 0 Å². The number of methoxy groups -OCH3 is 1. The molecule has 3 heteroatoms. The molecule has 2 unspecified atom stereocenters. The Morgan fingerprint density at radius 1 is 1.67 bits per heavy atom. The van der Waals surface area contributed by atoms with Crippen LogP contribution in [0.15, 0.2) is 0 Å². The lowest BCUT2D eigenvalue weighted by atomic mass is 10.1. The number of carbonyl (C=O) groups is 1. The van der Waals surface area contributed by atoms with Gasteiger partial charge in [0.15, 0.2) is 0 Å². The van der Waals surface area contributed by atoms with Gasteiger partial charge < -0.3 is 10.5 Å². The summed E-state index contributed by atoms with van der Waals surface area (Å²) in [6, 6.07) is -0.477. The summed E-state index contributed by atoms with van der Waals surface area (Å²) in [5.41, 5.74) is 5.40. The maximum Gasteiger partial charge on any atom is 0.149 e. The van der Waals surface area contributed by atoms with Crippen LogP contribution >= 0.6 is 0 Å². The van der Waals surface area contributed by atoms with Crippen molar-refractivity contribution < 1.29 is 9.53 Å². The van der Waals surface area contributed by atoms with Crippen LogP contribution in [0.2, 0.25) is 0 Å². The van der Waals surface area contributed by atoms with Gasteiger partial charge in [-0.3, -0.25) is 4.79 Å². The summed E-state index contributed by atoms with van der Waals surface area (Å²) < 4.78 is 4.83. The van der Waals surface area contributed by atoms with Crippen molar-refractivity contribution in [3.05, 3.63) is 0 Å². The molecule has 0 spiro atoms. The maximum absolute atomic E-state index is 10.5. The summed E-state index contributed by atoms with van der Waals surface area (Å²) in [5.74, 6) is -0.0376. The Morgan fingerprint density at radius 2 is 2.11 bits per heavy atom. The third-order valence-electron chi connectivity index (χ3n) is 1.35. The van der Waals surface area contributed by atoms with Crippen LogP contribution in [0.4, 0.5) is 0 Å². The summed E-state index contributed by atoms with van der Waals surface area (Å²) in [5, 5.41) is 0. The molecule has 0 aliphatic heterocycles. The molecule has 0 rings (SSSR count). The molecule has 9 heavy (non-hydrogen) atoms. The van der Waals surface area contributed by atoms with E-state index in [1.807, 2.05) is 0 Å². The highest BCUT2D eigenvalue weighted by atomic mass is 16.5. The molecule has 2 N–H and O–H groups in total. The molecule has 0 aliphatic rings. The van der Waals surface area contributed by atoms with E-state index in [0.29, 0.717) is 0 Å². The van der Waals surface area contributed by atoms with Gasteiger partial charge in [-0.15, -0.1) is 0 Å². The number of ketones is 1. The van der Waals surface area contributed by atoms with Crippen LogP contribution in [0.3, 0.4) is 0 Å². The number of hydrogen-bond acceptors (Lipinski definition) is 3. The molecule has 0 aliphatic carbocycles. The molecular formula is C6H13NO2. The minimum Gasteiger partial charge on any atom is -0.380 e. The van der Waals surface area contributed by atoms with Crippen LogP contribution in [0.5, 0.6) is 0 Å². The average molecular weight is 131 g/mol. The number of carbonyl (C=O) groups excluding carboxylic acids is 1. The molecule has 54 valence electrons. The van der Waals surface area contributed by atoms with Crippen molar-refractivity contribution in [2.24, 2.45) is 5.73 Å². The SMILES string of the molecule is COC(C)C(N)C(C)=O. The van der Waals surface area contributed by atoms with E-state index in [1.54, 1.807) is 6.92 Å². The fourth-order valence-electron chi connectivity index (χ4n) is 0.477. The van der Waals surface area contributed by atoms with Crippen molar-refractivity contribution in [2.75, 3.05) is 7.11 Å². The average Bonchev–Trinajstić information content (AvgIpc) is 1.84. The van der Waals surface area contributed by atoms with Crippen LogP contribution in [0, 0.1) is 0 Å². The molecule has 0 saturated heterocycles. The first-order valence-electron chi connectivity index (χ1n) is 2.88. The van der Waals surface area contributed by atoms with Crippen molar-refractivity contribution in [3.8, 4) is 0 Å². The Hall–Kier alpha value is -0.410. The molecular weight excluding hydrogens is 118 g/mol. The van der Waals surface area contributed by atoms with E-state index in [2.05, 4.69) is 0 Å². The second-order valence-corrected chi connectivity index (χ2v) is 2.08. The molecule has 0 fully saturated rings. The van der Waals surface area contributed by atoms with Gasteiger partial charge in [0, 0.05) is 7.11 Å². The van der Waals surface area contributed by atoms with Gasteiger partial charge in [-0.2, -0.15) is 0 Å². The highest BCUT2D eigenvalue weighted by molar-refractivity contribution is 5.81. The first-order valence-corrected chi connectivity index (χ1v) is 2.88. The van der Waals surface area contributed by atoms with E-state index in [1.165, 1.54) is 14.0 Å². The maximum atomic E-state index is 10.5. The summed E-state index contributed by atoms with van der Waals surface area (Å²) in [7, 11) is 1.54. The van der Waals surface area contributed by atoms with E-state index in [-0.39, 0.29) is 11.9 Å². The molecule has 0 aromatic heterocycles. The van der Waals surface area contributed by atoms with E-state index in [0.717, 1.165) is 0 Å². The molecule has 0 aromatic rings. The van der Waals surface area contributed by atoms with E-state index in [4.69, 9.17) is 10.5 Å². The molecule has 0 amide bonds. The fourth-order valence-corrected chi connectivity index (χ4v) is 0.477. The Bertz CT molecular complexity index is 103. The van der Waals surface area contributed by atoms with Crippen molar-refractivity contribution in [1.82, 2.24) is 0 Å². The van der Waals surface area contributed by atoms with Gasteiger partial charge in [0.25, 0.3) is 0 Å².